The van der Waals surface area contributed by atoms with Crippen molar-refractivity contribution >= 4 is 28.3 Å². The molecule has 6 heteroatoms. The lowest BCUT2D eigenvalue weighted by Gasteiger charge is -2.31. The quantitative estimate of drug-likeness (QED) is 0.593. The molecule has 0 amide bonds. The van der Waals surface area contributed by atoms with E-state index >= 15 is 0 Å². The standard InChI is InChI=1S/C20H15ClFNO3/c21-16-8-11(4-6-17(16)22)23-9-15-18(25-10-23)7-5-13-12-2-1-3-14(12)20(24)26-19(13)15/h4-8H,1-3,9-10H2. The summed E-state index contributed by atoms with van der Waals surface area (Å²) in [5.41, 5.74) is 3.83. The maximum Gasteiger partial charge on any atom is 0.339 e. The Kier molecular flexibility index (Phi) is 3.47. The Balaban J connectivity index is 1.64. The molecule has 0 atom stereocenters. The second kappa shape index (κ2) is 5.74. The molecule has 0 spiro atoms. The Morgan fingerprint density at radius 2 is 1.92 bits per heavy atom. The van der Waals surface area contributed by atoms with E-state index in [1.54, 1.807) is 12.1 Å². The Morgan fingerprint density at radius 3 is 2.77 bits per heavy atom. The van der Waals surface area contributed by atoms with Crippen molar-refractivity contribution in [1.82, 2.24) is 0 Å². The maximum absolute atomic E-state index is 13.5. The highest BCUT2D eigenvalue weighted by Gasteiger charge is 2.26. The van der Waals surface area contributed by atoms with Crippen molar-refractivity contribution in [3.63, 3.8) is 0 Å². The van der Waals surface area contributed by atoms with Crippen molar-refractivity contribution in [2.75, 3.05) is 11.6 Å². The number of halogens is 2. The van der Waals surface area contributed by atoms with E-state index in [0.717, 1.165) is 47.0 Å². The van der Waals surface area contributed by atoms with Gasteiger partial charge >= 0.3 is 5.63 Å². The second-order valence-corrected chi connectivity index (χ2v) is 7.10. The number of nitrogens with zero attached hydrogens (tertiary/aromatic N) is 1. The van der Waals surface area contributed by atoms with Gasteiger partial charge in [0, 0.05) is 16.6 Å². The van der Waals surface area contributed by atoms with Crippen LogP contribution >= 0.6 is 11.6 Å². The van der Waals surface area contributed by atoms with Crippen molar-refractivity contribution in [3.05, 3.63) is 68.3 Å². The third kappa shape index (κ3) is 2.31. The van der Waals surface area contributed by atoms with Crippen LogP contribution in [0.4, 0.5) is 10.1 Å². The molecule has 26 heavy (non-hydrogen) atoms. The second-order valence-electron chi connectivity index (χ2n) is 6.69. The van der Waals surface area contributed by atoms with Gasteiger partial charge in [0.25, 0.3) is 0 Å². The number of fused-ring (bicyclic) bond motifs is 5. The molecule has 0 unspecified atom stereocenters. The summed E-state index contributed by atoms with van der Waals surface area (Å²) in [6.07, 6.45) is 2.66. The molecule has 2 heterocycles. The van der Waals surface area contributed by atoms with Crippen molar-refractivity contribution < 1.29 is 13.5 Å². The van der Waals surface area contributed by atoms with Gasteiger partial charge in [-0.25, -0.2) is 9.18 Å². The third-order valence-electron chi connectivity index (χ3n) is 5.19. The summed E-state index contributed by atoms with van der Waals surface area (Å²) in [7, 11) is 0. The van der Waals surface area contributed by atoms with E-state index in [9.17, 15) is 9.18 Å². The molecule has 2 aliphatic rings. The van der Waals surface area contributed by atoms with E-state index in [-0.39, 0.29) is 10.6 Å². The largest absolute Gasteiger partial charge is 0.473 e. The van der Waals surface area contributed by atoms with Gasteiger partial charge in [-0.15, -0.1) is 0 Å². The van der Waals surface area contributed by atoms with Crippen LogP contribution in [0.25, 0.3) is 11.0 Å². The fourth-order valence-corrected chi connectivity index (χ4v) is 4.08. The summed E-state index contributed by atoms with van der Waals surface area (Å²) in [5.74, 6) is 0.254. The average molecular weight is 372 g/mol. The molecule has 132 valence electrons. The van der Waals surface area contributed by atoms with Crippen molar-refractivity contribution in [2.24, 2.45) is 0 Å². The minimum Gasteiger partial charge on any atom is -0.473 e. The highest BCUT2D eigenvalue weighted by atomic mass is 35.5. The van der Waals surface area contributed by atoms with Crippen LogP contribution in [0.2, 0.25) is 5.02 Å². The first-order valence-corrected chi connectivity index (χ1v) is 8.93. The van der Waals surface area contributed by atoms with Crippen LogP contribution in [0.3, 0.4) is 0 Å². The Hall–Kier alpha value is -2.53. The predicted molar refractivity (Wildman–Crippen MR) is 97.6 cm³/mol. The molecule has 5 rings (SSSR count). The molecule has 4 nitrogen and oxygen atoms in total. The monoisotopic (exact) mass is 371 g/mol. The first-order chi connectivity index (χ1) is 12.6. The maximum atomic E-state index is 13.5. The highest BCUT2D eigenvalue weighted by Crippen LogP contribution is 2.37. The highest BCUT2D eigenvalue weighted by molar-refractivity contribution is 6.31. The SMILES string of the molecule is O=c1oc2c3c(ccc2c2c1CCC2)OCN(c1ccc(F)c(Cl)c1)C3. The van der Waals surface area contributed by atoms with Gasteiger partial charge in [0.05, 0.1) is 17.1 Å². The minimum atomic E-state index is -0.458. The normalized spacial score (nSPS) is 15.7. The van der Waals surface area contributed by atoms with Gasteiger partial charge in [0.1, 0.15) is 17.1 Å². The van der Waals surface area contributed by atoms with Crippen molar-refractivity contribution in [2.45, 2.75) is 25.8 Å². The van der Waals surface area contributed by atoms with E-state index in [0.29, 0.717) is 24.6 Å². The molecular formula is C20H15ClFNO3. The van der Waals surface area contributed by atoms with E-state index in [2.05, 4.69) is 0 Å². The number of ether oxygens (including phenoxy) is 1. The summed E-state index contributed by atoms with van der Waals surface area (Å²) in [4.78, 5) is 14.3. The summed E-state index contributed by atoms with van der Waals surface area (Å²) in [6.45, 7) is 0.812. The molecule has 1 aromatic heterocycles. The summed E-state index contributed by atoms with van der Waals surface area (Å²) in [5, 5.41) is 1.05. The lowest BCUT2D eigenvalue weighted by atomic mass is 10.0. The molecule has 0 saturated heterocycles. The summed E-state index contributed by atoms with van der Waals surface area (Å²) < 4.78 is 25.0. The molecule has 0 bridgehead atoms. The number of hydrogen-bond acceptors (Lipinski definition) is 4. The molecule has 1 aliphatic carbocycles. The molecule has 0 fully saturated rings. The number of anilines is 1. The van der Waals surface area contributed by atoms with E-state index < -0.39 is 5.82 Å². The summed E-state index contributed by atoms with van der Waals surface area (Å²) in [6, 6.07) is 8.49. The van der Waals surface area contributed by atoms with Crippen LogP contribution in [0, 0.1) is 5.82 Å². The van der Waals surface area contributed by atoms with Crippen LogP contribution in [0.15, 0.2) is 39.5 Å². The molecule has 0 radical (unpaired) electrons. The minimum absolute atomic E-state index is 0.0653. The zero-order chi connectivity index (χ0) is 17.8. The molecule has 0 N–H and O–H groups in total. The van der Waals surface area contributed by atoms with Gasteiger partial charge in [0.2, 0.25) is 0 Å². The van der Waals surface area contributed by atoms with Crippen LogP contribution in [-0.2, 0) is 19.4 Å². The van der Waals surface area contributed by atoms with Gasteiger partial charge in [-0.2, -0.15) is 0 Å². The lowest BCUT2D eigenvalue weighted by Crippen LogP contribution is -2.32. The Labute approximate surface area is 153 Å². The van der Waals surface area contributed by atoms with Gasteiger partial charge < -0.3 is 14.1 Å². The van der Waals surface area contributed by atoms with Crippen LogP contribution in [0.5, 0.6) is 5.75 Å². The van der Waals surface area contributed by atoms with Crippen molar-refractivity contribution in [3.8, 4) is 5.75 Å². The topological polar surface area (TPSA) is 42.7 Å². The first-order valence-electron chi connectivity index (χ1n) is 8.55. The molecule has 0 saturated carbocycles. The predicted octanol–water partition coefficient (Wildman–Crippen LogP) is 4.43. The van der Waals surface area contributed by atoms with Crippen LogP contribution < -0.4 is 15.3 Å². The fraction of sp³-hybridized carbons (Fsp3) is 0.250. The van der Waals surface area contributed by atoms with E-state index in [1.807, 2.05) is 17.0 Å². The van der Waals surface area contributed by atoms with Crippen LogP contribution in [-0.4, -0.2) is 6.73 Å². The zero-order valence-electron chi connectivity index (χ0n) is 13.9. The fourth-order valence-electron chi connectivity index (χ4n) is 3.90. The lowest BCUT2D eigenvalue weighted by molar-refractivity contribution is 0.289. The molecule has 3 aromatic rings. The number of hydrogen-bond donors (Lipinski definition) is 0. The average Bonchev–Trinajstić information content (AvgIpc) is 3.14. The van der Waals surface area contributed by atoms with Crippen molar-refractivity contribution in [1.29, 1.82) is 0 Å². The van der Waals surface area contributed by atoms with Crippen LogP contribution in [0.1, 0.15) is 23.1 Å². The smallest absolute Gasteiger partial charge is 0.339 e. The molecule has 1 aliphatic heterocycles. The molecular weight excluding hydrogens is 357 g/mol. The van der Waals surface area contributed by atoms with E-state index in [1.165, 1.54) is 6.07 Å². The van der Waals surface area contributed by atoms with Gasteiger partial charge in [-0.3, -0.25) is 0 Å². The van der Waals surface area contributed by atoms with Gasteiger partial charge in [0.15, 0.2) is 6.73 Å². The third-order valence-corrected chi connectivity index (χ3v) is 5.48. The van der Waals surface area contributed by atoms with Gasteiger partial charge in [-0.1, -0.05) is 11.6 Å². The first kappa shape index (κ1) is 15.7. The number of rotatable bonds is 1. The number of aryl methyl sites for hydroxylation is 1. The van der Waals surface area contributed by atoms with Gasteiger partial charge in [-0.05, 0) is 55.2 Å². The number of benzene rings is 2. The molecule has 2 aromatic carbocycles. The van der Waals surface area contributed by atoms with E-state index in [4.69, 9.17) is 20.8 Å². The summed E-state index contributed by atoms with van der Waals surface area (Å²) >= 11 is 5.91. The zero-order valence-corrected chi connectivity index (χ0v) is 14.6. The Bertz CT molecular complexity index is 1110. The Morgan fingerprint density at radius 1 is 1.08 bits per heavy atom.